The van der Waals surface area contributed by atoms with Gasteiger partial charge in [-0.3, -0.25) is 4.79 Å². The first-order chi connectivity index (χ1) is 16.3. The number of amides is 2. The van der Waals surface area contributed by atoms with Crippen LogP contribution in [0.25, 0.3) is 11.1 Å². The first-order valence-corrected chi connectivity index (χ1v) is 12.0. The van der Waals surface area contributed by atoms with Gasteiger partial charge in [-0.15, -0.1) is 0 Å². The average molecular weight is 465 g/mol. The van der Waals surface area contributed by atoms with Crippen LogP contribution in [-0.4, -0.2) is 41.3 Å². The number of hydrogen-bond donors (Lipinski definition) is 3. The van der Waals surface area contributed by atoms with Gasteiger partial charge in [0.15, 0.2) is 0 Å². The third-order valence-electron chi connectivity index (χ3n) is 7.28. The largest absolute Gasteiger partial charge is 0.480 e. The zero-order chi connectivity index (χ0) is 24.3. The fourth-order valence-electron chi connectivity index (χ4n) is 5.11. The lowest BCUT2D eigenvalue weighted by Crippen LogP contribution is -2.52. The van der Waals surface area contributed by atoms with Gasteiger partial charge in [0.1, 0.15) is 12.1 Å². The summed E-state index contributed by atoms with van der Waals surface area (Å²) in [6.07, 6.45) is 2.37. The lowest BCUT2D eigenvalue weighted by atomic mass is 9.97. The van der Waals surface area contributed by atoms with Gasteiger partial charge in [-0.05, 0) is 60.8 Å². The van der Waals surface area contributed by atoms with Crippen molar-refractivity contribution in [3.63, 3.8) is 0 Å². The van der Waals surface area contributed by atoms with Crippen molar-refractivity contribution in [1.82, 2.24) is 10.6 Å². The van der Waals surface area contributed by atoms with Gasteiger partial charge >= 0.3 is 12.1 Å². The average Bonchev–Trinajstić information content (AvgIpc) is 3.39. The molecule has 2 aromatic rings. The number of carboxylic acids is 1. The molecule has 3 atom stereocenters. The van der Waals surface area contributed by atoms with Gasteiger partial charge in [-0.1, -0.05) is 55.5 Å². The van der Waals surface area contributed by atoms with Crippen molar-refractivity contribution in [2.75, 3.05) is 6.61 Å². The van der Waals surface area contributed by atoms with E-state index in [0.29, 0.717) is 12.8 Å². The van der Waals surface area contributed by atoms with Crippen LogP contribution in [-0.2, 0) is 14.3 Å². The number of benzene rings is 2. The minimum absolute atomic E-state index is 0.0142. The summed E-state index contributed by atoms with van der Waals surface area (Å²) in [7, 11) is 0. The molecular formula is C27H32N2O5. The van der Waals surface area contributed by atoms with Crippen LogP contribution in [0.5, 0.6) is 0 Å². The highest BCUT2D eigenvalue weighted by molar-refractivity contribution is 5.86. The van der Waals surface area contributed by atoms with Gasteiger partial charge in [-0.25, -0.2) is 9.59 Å². The second-order valence-corrected chi connectivity index (χ2v) is 9.59. The summed E-state index contributed by atoms with van der Waals surface area (Å²) < 4.78 is 5.63. The first-order valence-electron chi connectivity index (χ1n) is 12.0. The molecule has 3 unspecified atom stereocenters. The molecule has 34 heavy (non-hydrogen) atoms. The zero-order valence-electron chi connectivity index (χ0n) is 19.7. The zero-order valence-corrected chi connectivity index (χ0v) is 19.7. The van der Waals surface area contributed by atoms with Crippen LogP contribution in [0.2, 0.25) is 0 Å². The Morgan fingerprint density at radius 3 is 2.24 bits per heavy atom. The number of rotatable bonds is 8. The molecule has 0 bridgehead atoms. The number of ether oxygens (including phenoxy) is 1. The molecule has 0 spiro atoms. The molecule has 4 rings (SSSR count). The molecule has 2 aliphatic carbocycles. The van der Waals surface area contributed by atoms with Crippen molar-refractivity contribution in [3.05, 3.63) is 59.7 Å². The van der Waals surface area contributed by atoms with E-state index in [9.17, 15) is 19.5 Å². The van der Waals surface area contributed by atoms with E-state index in [1.807, 2.05) is 24.3 Å². The van der Waals surface area contributed by atoms with Gasteiger partial charge in [0.05, 0.1) is 0 Å². The fraction of sp³-hybridized carbons (Fsp3) is 0.444. The maximum absolute atomic E-state index is 12.5. The normalized spacial score (nSPS) is 20.6. The Labute approximate surface area is 199 Å². The van der Waals surface area contributed by atoms with E-state index >= 15 is 0 Å². The highest BCUT2D eigenvalue weighted by Crippen LogP contribution is 2.44. The monoisotopic (exact) mass is 464 g/mol. The molecule has 0 aliphatic heterocycles. The molecule has 2 aromatic carbocycles. The topological polar surface area (TPSA) is 105 Å². The van der Waals surface area contributed by atoms with Crippen LogP contribution in [0.4, 0.5) is 4.79 Å². The molecule has 7 nitrogen and oxygen atoms in total. The molecule has 0 aromatic heterocycles. The van der Waals surface area contributed by atoms with Crippen LogP contribution in [0.3, 0.4) is 0 Å². The highest BCUT2D eigenvalue weighted by atomic mass is 16.5. The van der Waals surface area contributed by atoms with E-state index in [4.69, 9.17) is 4.74 Å². The fourth-order valence-corrected chi connectivity index (χ4v) is 5.11. The molecule has 180 valence electrons. The molecule has 1 fully saturated rings. The molecule has 2 amide bonds. The van der Waals surface area contributed by atoms with E-state index in [1.165, 1.54) is 29.2 Å². The Hall–Kier alpha value is -3.35. The molecule has 2 aliphatic rings. The Morgan fingerprint density at radius 1 is 1.03 bits per heavy atom. The van der Waals surface area contributed by atoms with E-state index in [1.54, 1.807) is 6.92 Å². The predicted octanol–water partition coefficient (Wildman–Crippen LogP) is 4.45. The van der Waals surface area contributed by atoms with Crippen molar-refractivity contribution in [1.29, 1.82) is 0 Å². The molecule has 7 heteroatoms. The molecule has 3 N–H and O–H groups in total. The SMILES string of the molecule is CCC(C)(NC(=O)CC1CCC(NC(=O)OCC2c3ccccc3-c3ccccc32)C1)C(=O)O. The predicted molar refractivity (Wildman–Crippen MR) is 128 cm³/mol. The number of carboxylic acid groups (broad SMARTS) is 1. The lowest BCUT2D eigenvalue weighted by molar-refractivity contribution is -0.147. The van der Waals surface area contributed by atoms with Crippen LogP contribution in [0.1, 0.15) is 63.0 Å². The number of hydrogen-bond acceptors (Lipinski definition) is 4. The van der Waals surface area contributed by atoms with Crippen molar-refractivity contribution in [3.8, 4) is 11.1 Å². The van der Waals surface area contributed by atoms with Gasteiger partial charge in [0.2, 0.25) is 5.91 Å². The summed E-state index contributed by atoms with van der Waals surface area (Å²) in [5, 5.41) is 14.9. The van der Waals surface area contributed by atoms with Crippen LogP contribution < -0.4 is 10.6 Å². The number of nitrogens with one attached hydrogen (secondary N) is 2. The van der Waals surface area contributed by atoms with Gasteiger partial charge < -0.3 is 20.5 Å². The number of carbonyl (C=O) groups is 3. The van der Waals surface area contributed by atoms with E-state index in [0.717, 1.165) is 12.8 Å². The summed E-state index contributed by atoms with van der Waals surface area (Å²) in [6, 6.07) is 16.4. The van der Waals surface area contributed by atoms with Crippen LogP contribution >= 0.6 is 0 Å². The third kappa shape index (κ3) is 4.93. The quantitative estimate of drug-likeness (QED) is 0.535. The number of alkyl carbamates (subject to hydrolysis) is 1. The second kappa shape index (κ2) is 9.87. The second-order valence-electron chi connectivity index (χ2n) is 9.59. The smallest absolute Gasteiger partial charge is 0.407 e. The maximum Gasteiger partial charge on any atom is 0.407 e. The van der Waals surface area contributed by atoms with E-state index < -0.39 is 17.6 Å². The molecule has 0 heterocycles. The Kier molecular flexibility index (Phi) is 6.91. The van der Waals surface area contributed by atoms with Crippen molar-refractivity contribution in [2.45, 2.75) is 63.5 Å². The number of fused-ring (bicyclic) bond motifs is 3. The number of carbonyl (C=O) groups excluding carboxylic acids is 2. The third-order valence-corrected chi connectivity index (χ3v) is 7.28. The molecule has 0 saturated heterocycles. The number of aliphatic carboxylic acids is 1. The van der Waals surface area contributed by atoms with Gasteiger partial charge in [0, 0.05) is 18.4 Å². The summed E-state index contributed by atoms with van der Waals surface area (Å²) in [6.45, 7) is 3.52. The molecular weight excluding hydrogens is 432 g/mol. The Morgan fingerprint density at radius 2 is 1.65 bits per heavy atom. The molecule has 1 saturated carbocycles. The van der Waals surface area contributed by atoms with Crippen molar-refractivity contribution < 1.29 is 24.2 Å². The van der Waals surface area contributed by atoms with Gasteiger partial charge in [0.25, 0.3) is 0 Å². The van der Waals surface area contributed by atoms with Crippen molar-refractivity contribution in [2.24, 2.45) is 5.92 Å². The first kappa shape index (κ1) is 23.8. The Balaban J connectivity index is 1.27. The van der Waals surface area contributed by atoms with Crippen molar-refractivity contribution >= 4 is 18.0 Å². The molecule has 0 radical (unpaired) electrons. The summed E-state index contributed by atoms with van der Waals surface area (Å²) >= 11 is 0. The maximum atomic E-state index is 12.5. The van der Waals surface area contributed by atoms with Crippen LogP contribution in [0.15, 0.2) is 48.5 Å². The van der Waals surface area contributed by atoms with E-state index in [-0.39, 0.29) is 36.8 Å². The minimum atomic E-state index is -1.26. The summed E-state index contributed by atoms with van der Waals surface area (Å²) in [5.74, 6) is -1.18. The minimum Gasteiger partial charge on any atom is -0.480 e. The summed E-state index contributed by atoms with van der Waals surface area (Å²) in [4.78, 5) is 36.3. The lowest BCUT2D eigenvalue weighted by Gasteiger charge is -2.25. The van der Waals surface area contributed by atoms with Gasteiger partial charge in [-0.2, -0.15) is 0 Å². The Bertz CT molecular complexity index is 1040. The van der Waals surface area contributed by atoms with Crippen LogP contribution in [0, 0.1) is 5.92 Å². The standard InChI is InChI=1S/C27H32N2O5/c1-3-27(2,25(31)32)29-24(30)15-17-12-13-18(14-17)28-26(33)34-16-23-21-10-6-4-8-19(21)20-9-5-7-11-22(20)23/h4-11,17-18,23H,3,12-16H2,1-2H3,(H,28,33)(H,29,30)(H,31,32). The summed E-state index contributed by atoms with van der Waals surface area (Å²) in [5.41, 5.74) is 3.46. The highest BCUT2D eigenvalue weighted by Gasteiger charge is 2.35. The van der Waals surface area contributed by atoms with E-state index in [2.05, 4.69) is 34.9 Å².